The van der Waals surface area contributed by atoms with Gasteiger partial charge in [0.05, 0.1) is 17.0 Å². The Morgan fingerprint density at radius 2 is 2.13 bits per heavy atom. The Morgan fingerprint density at radius 3 is 2.93 bits per heavy atom. The highest BCUT2D eigenvalue weighted by Crippen LogP contribution is 2.32. The van der Waals surface area contributed by atoms with Gasteiger partial charge in [0.15, 0.2) is 11.5 Å². The minimum Gasteiger partial charge on any atom is -0.503 e. The molecule has 158 valence electrons. The second-order valence-electron chi connectivity index (χ2n) is 7.49. The van der Waals surface area contributed by atoms with E-state index in [1.165, 1.54) is 22.9 Å². The molecule has 1 aromatic carbocycles. The molecule has 30 heavy (non-hydrogen) atoms. The molecule has 1 amide bonds. The van der Waals surface area contributed by atoms with E-state index in [1.807, 2.05) is 0 Å². The summed E-state index contributed by atoms with van der Waals surface area (Å²) in [5, 5.41) is 12.8. The first-order valence-electron chi connectivity index (χ1n) is 9.71. The predicted octanol–water partition coefficient (Wildman–Crippen LogP) is 2.66. The van der Waals surface area contributed by atoms with Crippen LogP contribution in [0.25, 0.3) is 0 Å². The molecule has 7 nitrogen and oxygen atoms in total. The number of ketones is 1. The number of benzene rings is 1. The van der Waals surface area contributed by atoms with E-state index >= 15 is 0 Å². The summed E-state index contributed by atoms with van der Waals surface area (Å²) in [6.07, 6.45) is 3.19. The van der Waals surface area contributed by atoms with E-state index in [2.05, 4.69) is 5.32 Å². The summed E-state index contributed by atoms with van der Waals surface area (Å²) in [5.41, 5.74) is -1.21. The van der Waals surface area contributed by atoms with Crippen LogP contribution in [0.2, 0.25) is 5.02 Å². The van der Waals surface area contributed by atoms with Gasteiger partial charge in [-0.2, -0.15) is 0 Å². The van der Waals surface area contributed by atoms with Gasteiger partial charge in [0.2, 0.25) is 5.43 Å². The van der Waals surface area contributed by atoms with Gasteiger partial charge in [-0.3, -0.25) is 14.4 Å². The summed E-state index contributed by atoms with van der Waals surface area (Å²) < 4.78 is 21.2. The molecule has 1 saturated heterocycles. The van der Waals surface area contributed by atoms with Gasteiger partial charge in [0, 0.05) is 31.5 Å². The quantitative estimate of drug-likeness (QED) is 0.774. The van der Waals surface area contributed by atoms with Crippen LogP contribution in [0, 0.1) is 11.7 Å². The third kappa shape index (κ3) is 3.61. The summed E-state index contributed by atoms with van der Waals surface area (Å²) in [6.45, 7) is 0.594. The Bertz CT molecular complexity index is 1080. The zero-order valence-corrected chi connectivity index (χ0v) is 16.7. The number of halogens is 2. The van der Waals surface area contributed by atoms with Gasteiger partial charge in [-0.05, 0) is 18.9 Å². The molecule has 0 radical (unpaired) electrons. The van der Waals surface area contributed by atoms with Crippen LogP contribution in [-0.2, 0) is 17.8 Å². The minimum absolute atomic E-state index is 0.0790. The first-order valence-corrected chi connectivity index (χ1v) is 10.1. The average molecular weight is 435 g/mol. The highest BCUT2D eigenvalue weighted by Gasteiger charge is 2.39. The molecular formula is C21H20ClFN2O5. The van der Waals surface area contributed by atoms with Gasteiger partial charge in [0.1, 0.15) is 17.1 Å². The zero-order chi connectivity index (χ0) is 21.4. The van der Waals surface area contributed by atoms with Crippen LogP contribution in [0.5, 0.6) is 5.75 Å². The number of nitrogens with zero attached hydrogens (tertiary/aromatic N) is 1. The van der Waals surface area contributed by atoms with E-state index < -0.39 is 28.8 Å². The number of amides is 1. The Balaban J connectivity index is 1.63. The highest BCUT2D eigenvalue weighted by molar-refractivity contribution is 6.30. The smallest absolute Gasteiger partial charge is 0.257 e. The largest absolute Gasteiger partial charge is 0.503 e. The molecule has 3 heterocycles. The van der Waals surface area contributed by atoms with Gasteiger partial charge < -0.3 is 19.7 Å². The predicted molar refractivity (Wildman–Crippen MR) is 106 cm³/mol. The van der Waals surface area contributed by atoms with Crippen molar-refractivity contribution in [3.05, 3.63) is 62.3 Å². The fourth-order valence-electron chi connectivity index (χ4n) is 4.02. The van der Waals surface area contributed by atoms with Crippen LogP contribution in [0.15, 0.2) is 29.2 Å². The lowest BCUT2D eigenvalue weighted by atomic mass is 9.86. The Kier molecular flexibility index (Phi) is 5.62. The van der Waals surface area contributed by atoms with Crippen molar-refractivity contribution in [2.45, 2.75) is 38.5 Å². The summed E-state index contributed by atoms with van der Waals surface area (Å²) >= 11 is 5.73. The standard InChI is InChI=1S/C21H20ClFN2O5/c22-14-6-3-4-11(16(14)23)8-24-21(29)13-9-25-10-15-12(5-1-2-7-30-15)18(26)17(25)20(28)19(13)27/h3-4,6,9,12,15,28H,1-2,5,7-8,10H2,(H,24,29)/t12-,15-/m0/s1. The van der Waals surface area contributed by atoms with E-state index in [0.29, 0.717) is 13.0 Å². The molecule has 1 aromatic heterocycles. The number of hydrogen-bond acceptors (Lipinski definition) is 5. The van der Waals surface area contributed by atoms with Crippen molar-refractivity contribution in [3.63, 3.8) is 0 Å². The van der Waals surface area contributed by atoms with E-state index in [9.17, 15) is 23.9 Å². The van der Waals surface area contributed by atoms with Gasteiger partial charge >= 0.3 is 0 Å². The molecule has 0 bridgehead atoms. The Labute approximate surface area is 176 Å². The topological polar surface area (TPSA) is 97.6 Å². The van der Waals surface area contributed by atoms with Crippen molar-refractivity contribution in [2.24, 2.45) is 5.92 Å². The molecule has 2 aliphatic rings. The molecule has 0 spiro atoms. The normalized spacial score (nSPS) is 20.8. The van der Waals surface area contributed by atoms with Crippen molar-refractivity contribution in [2.75, 3.05) is 6.61 Å². The number of aromatic hydroxyl groups is 1. The molecule has 0 saturated carbocycles. The summed E-state index contributed by atoms with van der Waals surface area (Å²) in [4.78, 5) is 38.1. The van der Waals surface area contributed by atoms with Crippen molar-refractivity contribution in [1.82, 2.24) is 9.88 Å². The monoisotopic (exact) mass is 434 g/mol. The highest BCUT2D eigenvalue weighted by atomic mass is 35.5. The summed E-state index contributed by atoms with van der Waals surface area (Å²) in [7, 11) is 0. The Morgan fingerprint density at radius 1 is 1.33 bits per heavy atom. The van der Waals surface area contributed by atoms with E-state index in [-0.39, 0.29) is 46.8 Å². The van der Waals surface area contributed by atoms with E-state index in [1.54, 1.807) is 6.07 Å². The molecule has 1 fully saturated rings. The number of hydrogen-bond donors (Lipinski definition) is 2. The number of carbonyl (C=O) groups is 2. The first-order chi connectivity index (χ1) is 14.4. The fourth-order valence-corrected chi connectivity index (χ4v) is 4.22. The zero-order valence-electron chi connectivity index (χ0n) is 16.0. The molecular weight excluding hydrogens is 415 g/mol. The molecule has 0 unspecified atom stereocenters. The lowest BCUT2D eigenvalue weighted by Crippen LogP contribution is -2.42. The second-order valence-corrected chi connectivity index (χ2v) is 7.90. The van der Waals surface area contributed by atoms with Gasteiger partial charge in [-0.1, -0.05) is 30.2 Å². The third-order valence-electron chi connectivity index (χ3n) is 5.61. The van der Waals surface area contributed by atoms with Crippen LogP contribution in [0.4, 0.5) is 4.39 Å². The van der Waals surface area contributed by atoms with Crippen molar-refractivity contribution in [3.8, 4) is 5.75 Å². The molecule has 4 rings (SSSR count). The van der Waals surface area contributed by atoms with E-state index in [0.717, 1.165) is 12.8 Å². The third-order valence-corrected chi connectivity index (χ3v) is 5.90. The van der Waals surface area contributed by atoms with Crippen molar-refractivity contribution < 1.29 is 23.8 Å². The van der Waals surface area contributed by atoms with E-state index in [4.69, 9.17) is 16.3 Å². The summed E-state index contributed by atoms with van der Waals surface area (Å²) in [5.74, 6) is -2.96. The molecule has 2 aromatic rings. The number of rotatable bonds is 3. The number of Topliss-reactive ketones (excluding diaryl/α,β-unsaturated/α-hetero) is 1. The number of aromatic nitrogens is 1. The summed E-state index contributed by atoms with van der Waals surface area (Å²) in [6, 6.07) is 4.39. The lowest BCUT2D eigenvalue weighted by molar-refractivity contribution is 0.00739. The second kappa shape index (κ2) is 8.20. The van der Waals surface area contributed by atoms with Crippen LogP contribution >= 0.6 is 11.6 Å². The number of nitrogens with one attached hydrogen (secondary N) is 1. The van der Waals surface area contributed by atoms with Crippen LogP contribution in [0.1, 0.15) is 45.7 Å². The molecule has 2 N–H and O–H groups in total. The fraction of sp³-hybridized carbons (Fsp3) is 0.381. The lowest BCUT2D eigenvalue weighted by Gasteiger charge is -2.32. The average Bonchev–Trinajstić information content (AvgIpc) is 2.97. The first kappa shape index (κ1) is 20.6. The molecule has 2 atom stereocenters. The van der Waals surface area contributed by atoms with Crippen molar-refractivity contribution in [1.29, 1.82) is 0 Å². The maximum absolute atomic E-state index is 14.0. The van der Waals surface area contributed by atoms with Gasteiger partial charge in [0.25, 0.3) is 5.91 Å². The van der Waals surface area contributed by atoms with Crippen LogP contribution in [-0.4, -0.2) is 34.1 Å². The van der Waals surface area contributed by atoms with Crippen LogP contribution < -0.4 is 10.7 Å². The van der Waals surface area contributed by atoms with Crippen molar-refractivity contribution >= 4 is 23.3 Å². The number of pyridine rings is 1. The van der Waals surface area contributed by atoms with Gasteiger partial charge in [-0.25, -0.2) is 4.39 Å². The molecule has 0 aliphatic carbocycles. The van der Waals surface area contributed by atoms with Gasteiger partial charge in [-0.15, -0.1) is 0 Å². The maximum atomic E-state index is 14.0. The SMILES string of the molecule is O=C(NCc1cccc(Cl)c1F)c1cn2c(c(O)c1=O)C(=O)[C@H]1CCCCO[C@H]1C2. The molecule has 9 heteroatoms. The number of fused-ring (bicyclic) bond motifs is 2. The molecule has 2 aliphatic heterocycles. The van der Waals surface area contributed by atoms with Crippen LogP contribution in [0.3, 0.4) is 0 Å². The Hall–Kier alpha value is -2.71. The maximum Gasteiger partial charge on any atom is 0.257 e. The minimum atomic E-state index is -0.938. The number of ether oxygens (including phenoxy) is 1. The number of carbonyl (C=O) groups excluding carboxylic acids is 2.